The first-order chi connectivity index (χ1) is 5.68. The number of nitrogens with two attached hydrogens (primary N) is 1. The molecule has 0 saturated heterocycles. The molecule has 1 heterocycles. The van der Waals surface area contributed by atoms with Crippen molar-refractivity contribution < 1.29 is 0 Å². The third kappa shape index (κ3) is 1.09. The molecule has 0 bridgehead atoms. The van der Waals surface area contributed by atoms with E-state index in [9.17, 15) is 0 Å². The molecule has 1 nitrogen and oxygen atoms in total. The van der Waals surface area contributed by atoms with Gasteiger partial charge in [0.2, 0.25) is 0 Å². The zero-order chi connectivity index (χ0) is 8.72. The van der Waals surface area contributed by atoms with E-state index in [-0.39, 0.29) is 0 Å². The highest BCUT2D eigenvalue weighted by Gasteiger charge is 2.04. The average Bonchev–Trinajstić information content (AvgIpc) is 2.28. The fourth-order valence-electron chi connectivity index (χ4n) is 1.23. The van der Waals surface area contributed by atoms with Crippen molar-refractivity contribution >= 4 is 39.7 Å². The van der Waals surface area contributed by atoms with Crippen LogP contribution in [0.2, 0.25) is 0 Å². The van der Waals surface area contributed by atoms with Crippen molar-refractivity contribution in [2.45, 2.75) is 11.1 Å². The molecule has 2 aromatic rings. The summed E-state index contributed by atoms with van der Waals surface area (Å²) in [6.45, 7) is 2.08. The number of aryl methyl sites for hydroxylation is 1. The lowest BCUT2D eigenvalue weighted by Crippen LogP contribution is -1.81. The molecule has 1 aromatic carbocycles. The van der Waals surface area contributed by atoms with Gasteiger partial charge in [0, 0.05) is 10.4 Å². The topological polar surface area (TPSA) is 26.0 Å². The summed E-state index contributed by atoms with van der Waals surface area (Å²) in [5.41, 5.74) is 7.73. The normalized spacial score (nSPS) is 10.8. The zero-order valence-electron chi connectivity index (χ0n) is 6.66. The lowest BCUT2D eigenvalue weighted by molar-refractivity contribution is 1.47. The minimum Gasteiger partial charge on any atom is -0.399 e. The lowest BCUT2D eigenvalue weighted by atomic mass is 10.2. The number of rotatable bonds is 0. The molecule has 2 N–H and O–H groups in total. The van der Waals surface area contributed by atoms with Crippen molar-refractivity contribution in [1.82, 2.24) is 0 Å². The highest BCUT2D eigenvalue weighted by Crippen LogP contribution is 2.33. The Hall–Kier alpha value is -0.670. The van der Waals surface area contributed by atoms with Crippen molar-refractivity contribution in [3.8, 4) is 0 Å². The Morgan fingerprint density at radius 3 is 2.92 bits per heavy atom. The second kappa shape index (κ2) is 2.68. The number of hydrogen-bond acceptors (Lipinski definition) is 3. The first-order valence-electron chi connectivity index (χ1n) is 3.66. The molecule has 0 atom stereocenters. The predicted octanol–water partition coefficient (Wildman–Crippen LogP) is 3.08. The molecule has 3 heteroatoms. The van der Waals surface area contributed by atoms with Crippen molar-refractivity contribution in [1.29, 1.82) is 0 Å². The van der Waals surface area contributed by atoms with Crippen LogP contribution in [0.5, 0.6) is 0 Å². The van der Waals surface area contributed by atoms with Gasteiger partial charge in [-0.1, -0.05) is 6.07 Å². The molecular formula is C9H9NS2. The summed E-state index contributed by atoms with van der Waals surface area (Å²) in [5.74, 6) is 0. The number of anilines is 1. The predicted molar refractivity (Wildman–Crippen MR) is 58.2 cm³/mol. The zero-order valence-corrected chi connectivity index (χ0v) is 8.38. The van der Waals surface area contributed by atoms with E-state index in [1.807, 2.05) is 12.1 Å². The van der Waals surface area contributed by atoms with Crippen LogP contribution in [0.4, 0.5) is 5.69 Å². The maximum Gasteiger partial charge on any atom is 0.0609 e. The van der Waals surface area contributed by atoms with E-state index in [1.165, 1.54) is 15.6 Å². The molecule has 62 valence electrons. The van der Waals surface area contributed by atoms with Gasteiger partial charge in [0.1, 0.15) is 0 Å². The van der Waals surface area contributed by atoms with Gasteiger partial charge in [0.15, 0.2) is 0 Å². The van der Waals surface area contributed by atoms with Crippen molar-refractivity contribution in [3.63, 3.8) is 0 Å². The Balaban J connectivity index is 2.87. The van der Waals surface area contributed by atoms with E-state index in [0.29, 0.717) is 0 Å². The summed E-state index contributed by atoms with van der Waals surface area (Å²) in [4.78, 5) is 0. The van der Waals surface area contributed by atoms with Crippen LogP contribution in [0.25, 0.3) is 10.1 Å². The molecule has 2 rings (SSSR count). The molecule has 12 heavy (non-hydrogen) atoms. The third-order valence-corrected chi connectivity index (χ3v) is 3.60. The molecule has 0 radical (unpaired) electrons. The Morgan fingerprint density at radius 1 is 1.42 bits per heavy atom. The summed E-state index contributed by atoms with van der Waals surface area (Å²) >= 11 is 6.05. The van der Waals surface area contributed by atoms with E-state index >= 15 is 0 Å². The highest BCUT2D eigenvalue weighted by molar-refractivity contribution is 7.83. The van der Waals surface area contributed by atoms with Gasteiger partial charge in [-0.3, -0.25) is 0 Å². The summed E-state index contributed by atoms with van der Waals surface area (Å²) in [6, 6.07) is 5.97. The largest absolute Gasteiger partial charge is 0.399 e. The van der Waals surface area contributed by atoms with Crippen LogP contribution >= 0.6 is 24.0 Å². The van der Waals surface area contributed by atoms with Crippen LogP contribution in [-0.4, -0.2) is 0 Å². The van der Waals surface area contributed by atoms with Gasteiger partial charge in [0.05, 0.1) is 4.21 Å². The molecule has 0 aliphatic rings. The SMILES string of the molecule is Cc1c(S)sc2cc(N)ccc12. The summed E-state index contributed by atoms with van der Waals surface area (Å²) < 4.78 is 2.30. The highest BCUT2D eigenvalue weighted by atomic mass is 32.2. The fourth-order valence-corrected chi connectivity index (χ4v) is 2.64. The first-order valence-corrected chi connectivity index (χ1v) is 4.92. The van der Waals surface area contributed by atoms with Crippen LogP contribution in [0.3, 0.4) is 0 Å². The van der Waals surface area contributed by atoms with Crippen LogP contribution in [-0.2, 0) is 0 Å². The second-order valence-corrected chi connectivity index (χ2v) is 4.59. The Morgan fingerprint density at radius 2 is 2.17 bits per heavy atom. The summed E-state index contributed by atoms with van der Waals surface area (Å²) in [7, 11) is 0. The van der Waals surface area contributed by atoms with E-state index in [2.05, 4.69) is 25.6 Å². The fraction of sp³-hybridized carbons (Fsp3) is 0.111. The standard InChI is InChI=1S/C9H9NS2/c1-5-7-3-2-6(10)4-8(7)12-9(5)11/h2-4,11H,10H2,1H3. The molecule has 0 spiro atoms. The third-order valence-electron chi connectivity index (χ3n) is 1.94. The maximum atomic E-state index is 5.66. The maximum absolute atomic E-state index is 5.66. The Labute approximate surface area is 80.6 Å². The summed E-state index contributed by atoms with van der Waals surface area (Å²) in [5, 5.41) is 1.26. The van der Waals surface area contributed by atoms with Gasteiger partial charge in [-0.05, 0) is 30.0 Å². The molecule has 0 aliphatic heterocycles. The Kier molecular flexibility index (Phi) is 1.77. The average molecular weight is 195 g/mol. The van der Waals surface area contributed by atoms with Gasteiger partial charge in [-0.2, -0.15) is 0 Å². The van der Waals surface area contributed by atoms with Gasteiger partial charge < -0.3 is 5.73 Å². The van der Waals surface area contributed by atoms with E-state index in [4.69, 9.17) is 5.73 Å². The van der Waals surface area contributed by atoms with Crippen molar-refractivity contribution in [2.24, 2.45) is 0 Å². The number of benzene rings is 1. The van der Waals surface area contributed by atoms with Gasteiger partial charge in [0.25, 0.3) is 0 Å². The van der Waals surface area contributed by atoms with Crippen molar-refractivity contribution in [2.75, 3.05) is 5.73 Å². The summed E-state index contributed by atoms with van der Waals surface area (Å²) in [6.07, 6.45) is 0. The molecule has 0 saturated carbocycles. The first kappa shape index (κ1) is 7.95. The number of hydrogen-bond donors (Lipinski definition) is 2. The minimum atomic E-state index is 0.817. The molecule has 1 aromatic heterocycles. The monoisotopic (exact) mass is 195 g/mol. The number of nitrogen functional groups attached to an aromatic ring is 1. The number of thiol groups is 1. The lowest BCUT2D eigenvalue weighted by Gasteiger charge is -1.92. The molecule has 0 fully saturated rings. The molecule has 0 unspecified atom stereocenters. The van der Waals surface area contributed by atoms with Crippen LogP contribution in [0.1, 0.15) is 5.56 Å². The van der Waals surface area contributed by atoms with Gasteiger partial charge in [-0.15, -0.1) is 24.0 Å². The molecule has 0 amide bonds. The quantitative estimate of drug-likeness (QED) is 0.490. The van der Waals surface area contributed by atoms with Crippen molar-refractivity contribution in [3.05, 3.63) is 23.8 Å². The number of fused-ring (bicyclic) bond motifs is 1. The molecular weight excluding hydrogens is 186 g/mol. The minimum absolute atomic E-state index is 0.817. The second-order valence-electron chi connectivity index (χ2n) is 2.79. The molecule has 0 aliphatic carbocycles. The Bertz CT molecular complexity index is 431. The van der Waals surface area contributed by atoms with Gasteiger partial charge in [-0.25, -0.2) is 0 Å². The van der Waals surface area contributed by atoms with Crippen LogP contribution in [0, 0.1) is 6.92 Å². The smallest absolute Gasteiger partial charge is 0.0609 e. The van der Waals surface area contributed by atoms with Crippen LogP contribution in [0.15, 0.2) is 22.4 Å². The number of thiophene rings is 1. The van der Waals surface area contributed by atoms with E-state index in [1.54, 1.807) is 11.3 Å². The van der Waals surface area contributed by atoms with Crippen LogP contribution < -0.4 is 5.73 Å². The van der Waals surface area contributed by atoms with E-state index in [0.717, 1.165) is 9.90 Å². The van der Waals surface area contributed by atoms with Gasteiger partial charge >= 0.3 is 0 Å². The van der Waals surface area contributed by atoms with E-state index < -0.39 is 0 Å².